The van der Waals surface area contributed by atoms with Crippen LogP contribution in [0.3, 0.4) is 0 Å². The molecule has 88 valence electrons. The van der Waals surface area contributed by atoms with Gasteiger partial charge in [0.2, 0.25) is 0 Å². The summed E-state index contributed by atoms with van der Waals surface area (Å²) in [7, 11) is 0. The van der Waals surface area contributed by atoms with Crippen molar-refractivity contribution in [1.29, 1.82) is 0 Å². The Bertz CT molecular complexity index is 354. The lowest BCUT2D eigenvalue weighted by Gasteiger charge is -2.31. The summed E-state index contributed by atoms with van der Waals surface area (Å²) >= 11 is 0. The molecule has 2 heteroatoms. The van der Waals surface area contributed by atoms with E-state index in [4.69, 9.17) is 5.73 Å². The van der Waals surface area contributed by atoms with Gasteiger partial charge < -0.3 is 5.73 Å². The fraction of sp³-hybridized carbons (Fsp3) is 0.571. The van der Waals surface area contributed by atoms with Gasteiger partial charge >= 0.3 is 0 Å². The fourth-order valence-corrected chi connectivity index (χ4v) is 2.78. The van der Waals surface area contributed by atoms with Crippen LogP contribution in [0.5, 0.6) is 0 Å². The van der Waals surface area contributed by atoms with Crippen molar-refractivity contribution in [2.24, 2.45) is 11.7 Å². The number of nitrogens with two attached hydrogens (primary N) is 1. The van der Waals surface area contributed by atoms with Gasteiger partial charge in [-0.15, -0.1) is 0 Å². The van der Waals surface area contributed by atoms with Crippen LogP contribution in [0, 0.1) is 11.7 Å². The van der Waals surface area contributed by atoms with Gasteiger partial charge in [0.1, 0.15) is 5.82 Å². The Kier molecular flexibility index (Phi) is 3.29. The normalized spacial score (nSPS) is 20.9. The standard InChI is InChI=1S/C14H20FN/c1-14(16,12-7-3-4-8-12)10-11-6-2-5-9-13(11)15/h2,5-6,9,12H,3-4,7-8,10,16H2,1H3. The van der Waals surface area contributed by atoms with Crippen molar-refractivity contribution in [2.45, 2.75) is 44.6 Å². The molecule has 1 unspecified atom stereocenters. The molecule has 16 heavy (non-hydrogen) atoms. The summed E-state index contributed by atoms with van der Waals surface area (Å²) in [5.74, 6) is 0.421. The Morgan fingerprint density at radius 1 is 1.31 bits per heavy atom. The quantitative estimate of drug-likeness (QED) is 0.833. The third-order valence-corrected chi connectivity index (χ3v) is 3.82. The molecule has 1 atom stereocenters. The number of halogens is 1. The molecule has 0 radical (unpaired) electrons. The second kappa shape index (κ2) is 4.54. The number of benzene rings is 1. The molecular formula is C14H20FN. The molecule has 0 heterocycles. The van der Waals surface area contributed by atoms with E-state index in [2.05, 4.69) is 6.92 Å². The highest BCUT2D eigenvalue weighted by atomic mass is 19.1. The predicted octanol–water partition coefficient (Wildman–Crippen LogP) is 3.28. The van der Waals surface area contributed by atoms with Crippen molar-refractivity contribution in [3.05, 3.63) is 35.6 Å². The summed E-state index contributed by atoms with van der Waals surface area (Å²) in [6.45, 7) is 2.06. The van der Waals surface area contributed by atoms with Crippen molar-refractivity contribution < 1.29 is 4.39 Å². The minimum absolute atomic E-state index is 0.128. The summed E-state index contributed by atoms with van der Waals surface area (Å²) in [4.78, 5) is 0. The van der Waals surface area contributed by atoms with Gasteiger partial charge in [-0.1, -0.05) is 31.0 Å². The molecule has 0 aliphatic heterocycles. The van der Waals surface area contributed by atoms with E-state index < -0.39 is 0 Å². The molecule has 1 aliphatic carbocycles. The molecule has 0 amide bonds. The van der Waals surface area contributed by atoms with Crippen LogP contribution in [0.15, 0.2) is 24.3 Å². The monoisotopic (exact) mass is 221 g/mol. The molecule has 0 saturated heterocycles. The summed E-state index contributed by atoms with van der Waals surface area (Å²) in [5, 5.41) is 0. The molecule has 1 aromatic carbocycles. The smallest absolute Gasteiger partial charge is 0.126 e. The Labute approximate surface area is 96.9 Å². The second-order valence-corrected chi connectivity index (χ2v) is 5.26. The SMILES string of the molecule is CC(N)(Cc1ccccc1F)C1CCCC1. The Morgan fingerprint density at radius 3 is 2.56 bits per heavy atom. The summed E-state index contributed by atoms with van der Waals surface area (Å²) < 4.78 is 13.6. The van der Waals surface area contributed by atoms with Crippen LogP contribution in [0.4, 0.5) is 4.39 Å². The summed E-state index contributed by atoms with van der Waals surface area (Å²) in [6.07, 6.45) is 5.58. The van der Waals surface area contributed by atoms with Gasteiger partial charge in [0.05, 0.1) is 0 Å². The maximum atomic E-state index is 13.6. The highest BCUT2D eigenvalue weighted by molar-refractivity contribution is 5.20. The Morgan fingerprint density at radius 2 is 1.94 bits per heavy atom. The Hall–Kier alpha value is -0.890. The highest BCUT2D eigenvalue weighted by Crippen LogP contribution is 2.34. The zero-order valence-corrected chi connectivity index (χ0v) is 9.88. The maximum absolute atomic E-state index is 13.6. The van der Waals surface area contributed by atoms with Crippen LogP contribution in [-0.4, -0.2) is 5.54 Å². The van der Waals surface area contributed by atoms with Gasteiger partial charge in [-0.25, -0.2) is 4.39 Å². The first-order valence-electron chi connectivity index (χ1n) is 6.12. The minimum Gasteiger partial charge on any atom is -0.325 e. The van der Waals surface area contributed by atoms with Crippen molar-refractivity contribution in [2.75, 3.05) is 0 Å². The lowest BCUT2D eigenvalue weighted by Crippen LogP contribution is -2.45. The Balaban J connectivity index is 2.10. The van der Waals surface area contributed by atoms with E-state index >= 15 is 0 Å². The molecule has 0 spiro atoms. The van der Waals surface area contributed by atoms with E-state index in [9.17, 15) is 4.39 Å². The number of hydrogen-bond acceptors (Lipinski definition) is 1. The van der Waals surface area contributed by atoms with E-state index in [0.29, 0.717) is 12.3 Å². The molecule has 0 bridgehead atoms. The van der Waals surface area contributed by atoms with Crippen molar-refractivity contribution in [1.82, 2.24) is 0 Å². The molecule has 1 aromatic rings. The largest absolute Gasteiger partial charge is 0.325 e. The number of hydrogen-bond donors (Lipinski definition) is 1. The minimum atomic E-state index is -0.265. The molecule has 2 N–H and O–H groups in total. The third kappa shape index (κ3) is 2.43. The van der Waals surface area contributed by atoms with Crippen LogP contribution in [0.2, 0.25) is 0 Å². The average Bonchev–Trinajstić information content (AvgIpc) is 2.75. The van der Waals surface area contributed by atoms with Gasteiger partial charge in [0.15, 0.2) is 0 Å². The first kappa shape index (κ1) is 11.6. The molecule has 2 rings (SSSR count). The van der Waals surface area contributed by atoms with Crippen molar-refractivity contribution in [3.63, 3.8) is 0 Å². The zero-order chi connectivity index (χ0) is 11.6. The van der Waals surface area contributed by atoms with Gasteiger partial charge in [-0.2, -0.15) is 0 Å². The molecule has 1 nitrogen and oxygen atoms in total. The van der Waals surface area contributed by atoms with Crippen molar-refractivity contribution in [3.8, 4) is 0 Å². The lowest BCUT2D eigenvalue weighted by atomic mass is 9.80. The van der Waals surface area contributed by atoms with E-state index in [-0.39, 0.29) is 11.4 Å². The van der Waals surface area contributed by atoms with E-state index in [1.165, 1.54) is 31.7 Å². The lowest BCUT2D eigenvalue weighted by molar-refractivity contribution is 0.295. The number of rotatable bonds is 3. The molecule has 1 fully saturated rings. The van der Waals surface area contributed by atoms with Gasteiger partial charge in [-0.3, -0.25) is 0 Å². The van der Waals surface area contributed by atoms with Gasteiger partial charge in [-0.05, 0) is 43.7 Å². The van der Waals surface area contributed by atoms with Crippen LogP contribution in [-0.2, 0) is 6.42 Å². The first-order valence-corrected chi connectivity index (χ1v) is 6.12. The van der Waals surface area contributed by atoms with Crippen LogP contribution in [0.1, 0.15) is 38.2 Å². The fourth-order valence-electron chi connectivity index (χ4n) is 2.78. The topological polar surface area (TPSA) is 26.0 Å². The van der Waals surface area contributed by atoms with E-state index in [0.717, 1.165) is 5.56 Å². The zero-order valence-electron chi connectivity index (χ0n) is 9.88. The second-order valence-electron chi connectivity index (χ2n) is 5.26. The van der Waals surface area contributed by atoms with Crippen LogP contribution in [0.25, 0.3) is 0 Å². The van der Waals surface area contributed by atoms with Crippen molar-refractivity contribution >= 4 is 0 Å². The molecular weight excluding hydrogens is 201 g/mol. The third-order valence-electron chi connectivity index (χ3n) is 3.82. The predicted molar refractivity (Wildman–Crippen MR) is 64.7 cm³/mol. The summed E-state index contributed by atoms with van der Waals surface area (Å²) in [6, 6.07) is 6.96. The van der Waals surface area contributed by atoms with E-state index in [1.807, 2.05) is 12.1 Å². The van der Waals surface area contributed by atoms with E-state index in [1.54, 1.807) is 6.07 Å². The average molecular weight is 221 g/mol. The van der Waals surface area contributed by atoms with Gasteiger partial charge in [0.25, 0.3) is 0 Å². The maximum Gasteiger partial charge on any atom is 0.126 e. The summed E-state index contributed by atoms with van der Waals surface area (Å²) in [5.41, 5.74) is 6.84. The van der Waals surface area contributed by atoms with Crippen LogP contribution < -0.4 is 5.73 Å². The van der Waals surface area contributed by atoms with Gasteiger partial charge in [0, 0.05) is 5.54 Å². The first-order chi connectivity index (χ1) is 7.59. The molecule has 1 aliphatic rings. The van der Waals surface area contributed by atoms with Crippen LogP contribution >= 0.6 is 0 Å². The molecule has 0 aromatic heterocycles. The highest BCUT2D eigenvalue weighted by Gasteiger charge is 2.32. The molecule has 1 saturated carbocycles.